The number of hydrogen-bond donors (Lipinski definition) is 0. The van der Waals surface area contributed by atoms with E-state index in [1.54, 1.807) is 6.20 Å². The standard InChI is InChI=1S/C31H28ClN3O/c1-21-17-31(18-21,23-9-4-3-5-10-23)27-16-25(14-15-26(27)30-33-19-29(32)35(30)2)36-20-24-13-12-22-8-6-7-11-28(22)34-24/h3-16,19,21H,17-18,20H2,1-2H3. The summed E-state index contributed by atoms with van der Waals surface area (Å²) in [5.41, 5.74) is 5.46. The van der Waals surface area contributed by atoms with E-state index in [0.717, 1.165) is 46.6 Å². The fraction of sp³-hybridized carbons (Fsp3) is 0.226. The molecule has 0 spiro atoms. The van der Waals surface area contributed by atoms with Crippen molar-refractivity contribution in [2.24, 2.45) is 13.0 Å². The molecule has 1 aliphatic rings. The van der Waals surface area contributed by atoms with Crippen LogP contribution in [0.1, 0.15) is 36.6 Å². The van der Waals surface area contributed by atoms with E-state index in [0.29, 0.717) is 17.7 Å². The third-order valence-corrected chi connectivity index (χ3v) is 7.79. The summed E-state index contributed by atoms with van der Waals surface area (Å²) >= 11 is 6.39. The molecule has 1 fully saturated rings. The summed E-state index contributed by atoms with van der Waals surface area (Å²) in [4.78, 5) is 9.44. The van der Waals surface area contributed by atoms with Crippen LogP contribution in [0, 0.1) is 5.92 Å². The lowest BCUT2D eigenvalue weighted by Gasteiger charge is -2.48. The average Bonchev–Trinajstić information content (AvgIpc) is 3.23. The van der Waals surface area contributed by atoms with Crippen molar-refractivity contribution in [2.45, 2.75) is 31.8 Å². The van der Waals surface area contributed by atoms with E-state index in [9.17, 15) is 0 Å². The summed E-state index contributed by atoms with van der Waals surface area (Å²) in [6.07, 6.45) is 3.88. The highest BCUT2D eigenvalue weighted by molar-refractivity contribution is 6.29. The van der Waals surface area contributed by atoms with Gasteiger partial charge in [0.15, 0.2) is 0 Å². The maximum Gasteiger partial charge on any atom is 0.141 e. The number of pyridine rings is 1. The molecule has 3 aromatic carbocycles. The second-order valence-corrected chi connectivity index (χ2v) is 10.3. The van der Waals surface area contributed by atoms with Crippen LogP contribution >= 0.6 is 11.6 Å². The summed E-state index contributed by atoms with van der Waals surface area (Å²) in [5.74, 6) is 2.35. The Hall–Kier alpha value is -3.63. The lowest BCUT2D eigenvalue weighted by Crippen LogP contribution is -2.41. The summed E-state index contributed by atoms with van der Waals surface area (Å²) in [6.45, 7) is 2.73. The molecule has 0 bridgehead atoms. The Morgan fingerprint density at radius 1 is 0.972 bits per heavy atom. The second kappa shape index (κ2) is 9.11. The Balaban J connectivity index is 1.41. The van der Waals surface area contributed by atoms with Gasteiger partial charge in [0, 0.05) is 23.4 Å². The van der Waals surface area contributed by atoms with E-state index in [1.165, 1.54) is 11.1 Å². The van der Waals surface area contributed by atoms with Gasteiger partial charge in [0.1, 0.15) is 23.3 Å². The molecule has 0 atom stereocenters. The summed E-state index contributed by atoms with van der Waals surface area (Å²) in [6, 6.07) is 29.5. The minimum Gasteiger partial charge on any atom is -0.487 e. The molecule has 0 radical (unpaired) electrons. The Kier molecular flexibility index (Phi) is 5.77. The number of hydrogen-bond acceptors (Lipinski definition) is 3. The largest absolute Gasteiger partial charge is 0.487 e. The van der Waals surface area contributed by atoms with Crippen molar-refractivity contribution in [3.8, 4) is 17.1 Å². The number of para-hydroxylation sites is 1. The predicted molar refractivity (Wildman–Crippen MR) is 145 cm³/mol. The normalized spacial score (nSPS) is 19.2. The number of ether oxygens (including phenoxy) is 1. The SMILES string of the molecule is CC1CC(c2ccccc2)(c2cc(OCc3ccc4ccccc4n3)ccc2-c2ncc(Cl)n2C)C1. The van der Waals surface area contributed by atoms with Gasteiger partial charge in [-0.3, -0.25) is 0 Å². The van der Waals surface area contributed by atoms with Crippen LogP contribution in [0.3, 0.4) is 0 Å². The molecule has 1 saturated carbocycles. The van der Waals surface area contributed by atoms with Crippen molar-refractivity contribution in [1.29, 1.82) is 0 Å². The minimum atomic E-state index is -0.0883. The van der Waals surface area contributed by atoms with Crippen LogP contribution < -0.4 is 4.74 Å². The van der Waals surface area contributed by atoms with Gasteiger partial charge in [0.25, 0.3) is 0 Å². The number of aromatic nitrogens is 3. The van der Waals surface area contributed by atoms with Gasteiger partial charge in [-0.25, -0.2) is 9.97 Å². The average molecular weight is 494 g/mol. The van der Waals surface area contributed by atoms with E-state index in [1.807, 2.05) is 41.9 Å². The molecule has 0 N–H and O–H groups in total. The zero-order chi connectivity index (χ0) is 24.7. The third kappa shape index (κ3) is 3.96. The van der Waals surface area contributed by atoms with Gasteiger partial charge in [-0.1, -0.05) is 73.1 Å². The van der Waals surface area contributed by atoms with Gasteiger partial charge < -0.3 is 9.30 Å². The van der Waals surface area contributed by atoms with Gasteiger partial charge in [0.2, 0.25) is 0 Å². The van der Waals surface area contributed by atoms with E-state index in [2.05, 4.69) is 66.5 Å². The van der Waals surface area contributed by atoms with Crippen molar-refractivity contribution < 1.29 is 4.74 Å². The first-order valence-corrected chi connectivity index (χ1v) is 12.8. The van der Waals surface area contributed by atoms with Crippen molar-refractivity contribution in [2.75, 3.05) is 0 Å². The number of imidazole rings is 1. The molecule has 2 heterocycles. The quantitative estimate of drug-likeness (QED) is 0.244. The van der Waals surface area contributed by atoms with Crippen LogP contribution in [0.15, 0.2) is 91.1 Å². The molecular weight excluding hydrogens is 466 g/mol. The van der Waals surface area contributed by atoms with Crippen molar-refractivity contribution in [3.05, 3.63) is 113 Å². The summed E-state index contributed by atoms with van der Waals surface area (Å²) < 4.78 is 8.26. The molecular formula is C31H28ClN3O. The number of rotatable bonds is 6. The summed E-state index contributed by atoms with van der Waals surface area (Å²) in [7, 11) is 1.96. The Morgan fingerprint density at radius 3 is 2.50 bits per heavy atom. The molecule has 6 rings (SSSR count). The van der Waals surface area contributed by atoms with E-state index >= 15 is 0 Å². The zero-order valence-electron chi connectivity index (χ0n) is 20.5. The first-order chi connectivity index (χ1) is 17.5. The van der Waals surface area contributed by atoms with Crippen LogP contribution in [0.4, 0.5) is 0 Å². The van der Waals surface area contributed by atoms with E-state index < -0.39 is 0 Å². The highest BCUT2D eigenvalue weighted by atomic mass is 35.5. The van der Waals surface area contributed by atoms with Crippen LogP contribution in [-0.4, -0.2) is 14.5 Å². The highest BCUT2D eigenvalue weighted by Gasteiger charge is 2.46. The van der Waals surface area contributed by atoms with Crippen LogP contribution in [0.25, 0.3) is 22.3 Å². The molecule has 2 aromatic heterocycles. The topological polar surface area (TPSA) is 39.9 Å². The maximum absolute atomic E-state index is 6.39. The number of benzene rings is 3. The lowest BCUT2D eigenvalue weighted by molar-refractivity contribution is 0.200. The fourth-order valence-corrected chi connectivity index (χ4v) is 5.82. The Morgan fingerprint density at radius 2 is 1.75 bits per heavy atom. The smallest absolute Gasteiger partial charge is 0.141 e. The van der Waals surface area contributed by atoms with Crippen molar-refractivity contribution in [3.63, 3.8) is 0 Å². The highest BCUT2D eigenvalue weighted by Crippen LogP contribution is 2.55. The number of halogens is 1. The molecule has 180 valence electrons. The monoisotopic (exact) mass is 493 g/mol. The van der Waals surface area contributed by atoms with E-state index in [-0.39, 0.29) is 5.41 Å². The van der Waals surface area contributed by atoms with Gasteiger partial charge in [-0.15, -0.1) is 0 Å². The van der Waals surface area contributed by atoms with Gasteiger partial charge >= 0.3 is 0 Å². The van der Waals surface area contributed by atoms with Crippen LogP contribution in [0.2, 0.25) is 5.15 Å². The molecule has 0 saturated heterocycles. The Bertz CT molecular complexity index is 1540. The molecule has 5 aromatic rings. The molecule has 36 heavy (non-hydrogen) atoms. The second-order valence-electron chi connectivity index (χ2n) is 9.92. The van der Waals surface area contributed by atoms with Gasteiger partial charge in [-0.2, -0.15) is 0 Å². The van der Waals surface area contributed by atoms with E-state index in [4.69, 9.17) is 21.3 Å². The third-order valence-electron chi connectivity index (χ3n) is 7.44. The minimum absolute atomic E-state index is 0.0883. The van der Waals surface area contributed by atoms with Crippen molar-refractivity contribution >= 4 is 22.5 Å². The molecule has 1 aliphatic carbocycles. The lowest BCUT2D eigenvalue weighted by atomic mass is 9.55. The van der Waals surface area contributed by atoms with Crippen LogP contribution in [-0.2, 0) is 19.1 Å². The van der Waals surface area contributed by atoms with Crippen LogP contribution in [0.5, 0.6) is 5.75 Å². The first-order valence-electron chi connectivity index (χ1n) is 12.4. The molecule has 0 aliphatic heterocycles. The molecule has 0 amide bonds. The Labute approximate surface area is 216 Å². The summed E-state index contributed by atoms with van der Waals surface area (Å²) in [5, 5.41) is 1.75. The molecule has 0 unspecified atom stereocenters. The first kappa shape index (κ1) is 22.8. The van der Waals surface area contributed by atoms with Crippen molar-refractivity contribution in [1.82, 2.24) is 14.5 Å². The van der Waals surface area contributed by atoms with Gasteiger partial charge in [-0.05, 0) is 60.2 Å². The fourth-order valence-electron chi connectivity index (χ4n) is 5.69. The number of nitrogens with zero attached hydrogens (tertiary/aromatic N) is 3. The zero-order valence-corrected chi connectivity index (χ0v) is 21.2. The molecule has 5 heteroatoms. The maximum atomic E-state index is 6.39. The molecule has 4 nitrogen and oxygen atoms in total. The van der Waals surface area contributed by atoms with Gasteiger partial charge in [0.05, 0.1) is 17.4 Å². The number of fused-ring (bicyclic) bond motifs is 1. The predicted octanol–water partition coefficient (Wildman–Crippen LogP) is 7.58.